The highest BCUT2D eigenvalue weighted by atomic mass is 35.5. The van der Waals surface area contributed by atoms with Crippen molar-refractivity contribution in [3.8, 4) is 0 Å². The number of thioether (sulfide) groups is 1. The number of rotatable bonds is 7. The molecule has 2 aromatic rings. The van der Waals surface area contributed by atoms with Crippen molar-refractivity contribution in [3.63, 3.8) is 0 Å². The Morgan fingerprint density at radius 3 is 2.65 bits per heavy atom. The minimum absolute atomic E-state index is 0.0134. The summed E-state index contributed by atoms with van der Waals surface area (Å²) in [7, 11) is 0. The summed E-state index contributed by atoms with van der Waals surface area (Å²) in [5, 5.41) is 3.48. The molecule has 0 spiro atoms. The van der Waals surface area contributed by atoms with Crippen molar-refractivity contribution in [1.82, 2.24) is 4.90 Å². The minimum Gasteiger partial charge on any atom is -0.326 e. The highest BCUT2D eigenvalue weighted by molar-refractivity contribution is 8.15. The lowest BCUT2D eigenvalue weighted by Gasteiger charge is -2.19. The second-order valence-corrected chi connectivity index (χ2v) is 10.2. The van der Waals surface area contributed by atoms with Crippen LogP contribution in [0.1, 0.15) is 38.5 Å². The molecule has 178 valence electrons. The van der Waals surface area contributed by atoms with Gasteiger partial charge in [-0.1, -0.05) is 46.6 Å². The molecule has 0 aromatic heterocycles. The lowest BCUT2D eigenvalue weighted by Crippen LogP contribution is -2.34. The van der Waals surface area contributed by atoms with Gasteiger partial charge in [-0.15, -0.1) is 0 Å². The van der Waals surface area contributed by atoms with Crippen molar-refractivity contribution < 1.29 is 14.0 Å². The normalized spacial score (nSPS) is 19.4. The van der Waals surface area contributed by atoms with Crippen LogP contribution in [0.3, 0.4) is 0 Å². The zero-order chi connectivity index (χ0) is 24.1. The summed E-state index contributed by atoms with van der Waals surface area (Å²) in [5.41, 5.74) is 2.42. The summed E-state index contributed by atoms with van der Waals surface area (Å²) >= 11 is 13.4. The standard InChI is InChI=1S/C25H24Cl2FN3O2S/c26-20-11-10-19(14-21(20)27)30-25-31(13-12-16-4-2-1-3-5-16)24(33)22(34-25)15-23(32)29-18-8-6-17(28)7-9-18/h4,6-11,14,22H,1-3,5,12-13,15H2,(H,29,32). The molecule has 4 rings (SSSR count). The molecule has 2 aromatic carbocycles. The summed E-state index contributed by atoms with van der Waals surface area (Å²) in [5.74, 6) is -0.843. The molecule has 0 radical (unpaired) electrons. The topological polar surface area (TPSA) is 61.8 Å². The highest BCUT2D eigenvalue weighted by Gasteiger charge is 2.39. The van der Waals surface area contributed by atoms with Gasteiger partial charge in [0.25, 0.3) is 0 Å². The van der Waals surface area contributed by atoms with E-state index in [1.54, 1.807) is 23.1 Å². The number of nitrogens with one attached hydrogen (secondary N) is 1. The zero-order valence-electron chi connectivity index (χ0n) is 18.4. The fourth-order valence-corrected chi connectivity index (χ4v) is 5.37. The highest BCUT2D eigenvalue weighted by Crippen LogP contribution is 2.34. The maximum Gasteiger partial charge on any atom is 0.242 e. The Morgan fingerprint density at radius 1 is 1.15 bits per heavy atom. The predicted molar refractivity (Wildman–Crippen MR) is 137 cm³/mol. The Hall–Kier alpha value is -2.35. The summed E-state index contributed by atoms with van der Waals surface area (Å²) in [6.07, 6.45) is 7.54. The van der Waals surface area contributed by atoms with Crippen LogP contribution in [0.25, 0.3) is 0 Å². The first kappa shape index (κ1) is 24.8. The number of hydrogen-bond acceptors (Lipinski definition) is 4. The molecule has 1 unspecified atom stereocenters. The Morgan fingerprint density at radius 2 is 1.94 bits per heavy atom. The van der Waals surface area contributed by atoms with Gasteiger partial charge in [0.2, 0.25) is 11.8 Å². The van der Waals surface area contributed by atoms with Crippen LogP contribution in [0.15, 0.2) is 59.1 Å². The van der Waals surface area contributed by atoms with E-state index < -0.39 is 5.25 Å². The number of halogens is 3. The van der Waals surface area contributed by atoms with Crippen LogP contribution in [0, 0.1) is 5.82 Å². The van der Waals surface area contributed by atoms with Crippen LogP contribution >= 0.6 is 35.0 Å². The van der Waals surface area contributed by atoms with Crippen molar-refractivity contribution in [1.29, 1.82) is 0 Å². The van der Waals surface area contributed by atoms with E-state index in [4.69, 9.17) is 23.2 Å². The number of amidine groups is 1. The molecule has 5 nitrogen and oxygen atoms in total. The van der Waals surface area contributed by atoms with Gasteiger partial charge in [-0.3, -0.25) is 14.5 Å². The second-order valence-electron chi connectivity index (χ2n) is 8.21. The van der Waals surface area contributed by atoms with Crippen LogP contribution < -0.4 is 5.32 Å². The van der Waals surface area contributed by atoms with Crippen molar-refractivity contribution >= 4 is 63.3 Å². The number of benzene rings is 2. The first-order chi connectivity index (χ1) is 16.4. The molecule has 0 bridgehead atoms. The number of nitrogens with zero attached hydrogens (tertiary/aromatic N) is 2. The Balaban J connectivity index is 1.50. The quantitative estimate of drug-likeness (QED) is 0.401. The van der Waals surface area contributed by atoms with Crippen LogP contribution in [0.5, 0.6) is 0 Å². The second kappa shape index (κ2) is 11.4. The summed E-state index contributed by atoms with van der Waals surface area (Å²) in [4.78, 5) is 32.2. The lowest BCUT2D eigenvalue weighted by atomic mass is 9.97. The predicted octanol–water partition coefficient (Wildman–Crippen LogP) is 6.98. The van der Waals surface area contributed by atoms with Crippen LogP contribution in [0.4, 0.5) is 15.8 Å². The minimum atomic E-state index is -0.595. The molecule has 0 saturated carbocycles. The van der Waals surface area contributed by atoms with Crippen molar-refractivity contribution in [2.24, 2.45) is 4.99 Å². The largest absolute Gasteiger partial charge is 0.326 e. The molecule has 1 N–H and O–H groups in total. The zero-order valence-corrected chi connectivity index (χ0v) is 20.7. The molecular formula is C25H24Cl2FN3O2S. The third-order valence-electron chi connectivity index (χ3n) is 5.69. The van der Waals surface area contributed by atoms with E-state index in [9.17, 15) is 14.0 Å². The first-order valence-electron chi connectivity index (χ1n) is 11.1. The molecule has 2 amide bonds. The number of allylic oxidation sites excluding steroid dienone is 1. The number of carbonyl (C=O) groups excluding carboxylic acids is 2. The fraction of sp³-hybridized carbons (Fsp3) is 0.320. The number of anilines is 1. The van der Waals surface area contributed by atoms with Crippen molar-refractivity contribution in [2.45, 2.75) is 43.8 Å². The van der Waals surface area contributed by atoms with Gasteiger partial charge < -0.3 is 5.32 Å². The molecule has 1 saturated heterocycles. The number of carbonyl (C=O) groups is 2. The van der Waals surface area contributed by atoms with Gasteiger partial charge in [-0.2, -0.15) is 0 Å². The fourth-order valence-electron chi connectivity index (χ4n) is 3.90. The molecule has 2 aliphatic rings. The van der Waals surface area contributed by atoms with E-state index in [2.05, 4.69) is 16.4 Å². The molecule has 1 aliphatic carbocycles. The molecular weight excluding hydrogens is 496 g/mol. The Labute approximate surface area is 212 Å². The van der Waals surface area contributed by atoms with E-state index in [0.717, 1.165) is 19.3 Å². The van der Waals surface area contributed by atoms with E-state index in [1.807, 2.05) is 0 Å². The van der Waals surface area contributed by atoms with Gasteiger partial charge in [-0.05, 0) is 74.6 Å². The Bertz CT molecular complexity index is 1140. The van der Waals surface area contributed by atoms with Gasteiger partial charge in [-0.25, -0.2) is 9.38 Å². The van der Waals surface area contributed by atoms with Gasteiger partial charge >= 0.3 is 0 Å². The van der Waals surface area contributed by atoms with Crippen LogP contribution in [-0.2, 0) is 9.59 Å². The van der Waals surface area contributed by atoms with Crippen LogP contribution in [0.2, 0.25) is 10.0 Å². The maximum atomic E-state index is 13.3. The molecule has 1 fully saturated rings. The average molecular weight is 520 g/mol. The lowest BCUT2D eigenvalue weighted by molar-refractivity contribution is -0.128. The van der Waals surface area contributed by atoms with Crippen LogP contribution in [-0.4, -0.2) is 33.7 Å². The van der Waals surface area contributed by atoms with Gasteiger partial charge in [0.1, 0.15) is 11.1 Å². The molecule has 34 heavy (non-hydrogen) atoms. The van der Waals surface area contributed by atoms with E-state index in [1.165, 1.54) is 54.4 Å². The smallest absolute Gasteiger partial charge is 0.242 e. The average Bonchev–Trinajstić information content (AvgIpc) is 3.10. The Kier molecular flexibility index (Phi) is 8.29. The first-order valence-corrected chi connectivity index (χ1v) is 12.8. The molecule has 1 aliphatic heterocycles. The number of aliphatic imine (C=N–C) groups is 1. The monoisotopic (exact) mass is 519 g/mol. The van der Waals surface area contributed by atoms with Gasteiger partial charge in [0.05, 0.1) is 15.7 Å². The van der Waals surface area contributed by atoms with E-state index in [0.29, 0.717) is 33.1 Å². The van der Waals surface area contributed by atoms with E-state index >= 15 is 0 Å². The molecule has 1 atom stereocenters. The third-order valence-corrected chi connectivity index (χ3v) is 7.60. The van der Waals surface area contributed by atoms with Gasteiger partial charge in [0, 0.05) is 18.7 Å². The molecule has 9 heteroatoms. The number of amides is 2. The van der Waals surface area contributed by atoms with E-state index in [-0.39, 0.29) is 24.1 Å². The SMILES string of the molecule is O=C(CC1SC(=Nc2ccc(Cl)c(Cl)c2)N(CCC2=CCCCC2)C1=O)Nc1ccc(F)cc1. The third kappa shape index (κ3) is 6.40. The maximum absolute atomic E-state index is 13.3. The molecule has 1 heterocycles. The summed E-state index contributed by atoms with van der Waals surface area (Å²) in [6, 6.07) is 10.6. The summed E-state index contributed by atoms with van der Waals surface area (Å²) < 4.78 is 13.1. The number of hydrogen-bond donors (Lipinski definition) is 1. The van der Waals surface area contributed by atoms with Gasteiger partial charge in [0.15, 0.2) is 5.17 Å². The van der Waals surface area contributed by atoms with Crippen molar-refractivity contribution in [2.75, 3.05) is 11.9 Å². The van der Waals surface area contributed by atoms with Crippen molar-refractivity contribution in [3.05, 3.63) is 70.0 Å². The summed E-state index contributed by atoms with van der Waals surface area (Å²) in [6.45, 7) is 0.508.